The monoisotopic (exact) mass is 381 g/mol. The number of ether oxygens (including phenoxy) is 2. The number of anilines is 1. The first-order valence-electron chi connectivity index (χ1n) is 7.12. The summed E-state index contributed by atoms with van der Waals surface area (Å²) in [5.74, 6) is 0.354. The fourth-order valence-corrected chi connectivity index (χ4v) is 2.49. The summed E-state index contributed by atoms with van der Waals surface area (Å²) in [4.78, 5) is 12.3. The highest BCUT2D eigenvalue weighted by molar-refractivity contribution is 9.10. The van der Waals surface area contributed by atoms with Gasteiger partial charge in [-0.15, -0.1) is 0 Å². The van der Waals surface area contributed by atoms with Gasteiger partial charge in [0.15, 0.2) is 11.5 Å². The number of methoxy groups -OCH3 is 1. The first-order chi connectivity index (χ1) is 11.0. The van der Waals surface area contributed by atoms with Crippen molar-refractivity contribution in [1.82, 2.24) is 0 Å². The van der Waals surface area contributed by atoms with Gasteiger partial charge in [0, 0.05) is 11.3 Å². The molecular weight excluding hydrogens is 365 g/mol. The molecule has 0 radical (unpaired) electrons. The van der Waals surface area contributed by atoms with Crippen molar-refractivity contribution < 1.29 is 18.7 Å². The van der Waals surface area contributed by atoms with E-state index < -0.39 is 0 Å². The van der Waals surface area contributed by atoms with Gasteiger partial charge >= 0.3 is 0 Å². The predicted molar refractivity (Wildman–Crippen MR) is 90.8 cm³/mol. The summed E-state index contributed by atoms with van der Waals surface area (Å²) in [5.41, 5.74) is 0.916. The maximum Gasteiger partial charge on any atom is 0.255 e. The van der Waals surface area contributed by atoms with Crippen LogP contribution in [0, 0.1) is 5.82 Å². The Bertz CT molecular complexity index is 689. The number of carbonyl (C=O) groups excluding carboxylic acids is 1. The van der Waals surface area contributed by atoms with Gasteiger partial charge in [-0.25, -0.2) is 4.39 Å². The number of hydrogen-bond acceptors (Lipinski definition) is 3. The highest BCUT2D eigenvalue weighted by Gasteiger charge is 2.15. The Morgan fingerprint density at radius 2 is 1.96 bits per heavy atom. The summed E-state index contributed by atoms with van der Waals surface area (Å²) in [5, 5.41) is 2.70. The number of hydrogen-bond donors (Lipinski definition) is 1. The fraction of sp³-hybridized carbons (Fsp3) is 0.235. The second-order valence-electron chi connectivity index (χ2n) is 4.80. The molecule has 0 unspecified atom stereocenters. The van der Waals surface area contributed by atoms with E-state index >= 15 is 0 Å². The molecule has 0 fully saturated rings. The minimum absolute atomic E-state index is 0.322. The van der Waals surface area contributed by atoms with Crippen LogP contribution in [0.5, 0.6) is 11.5 Å². The molecule has 2 rings (SSSR count). The third kappa shape index (κ3) is 4.45. The number of nitrogens with one attached hydrogen (secondary N) is 1. The molecule has 0 aliphatic carbocycles. The maximum absolute atomic E-state index is 12.9. The molecule has 2 aromatic rings. The number of carbonyl (C=O) groups is 1. The van der Waals surface area contributed by atoms with Gasteiger partial charge in [-0.1, -0.05) is 6.92 Å². The SMILES string of the molecule is CCCOc1c(Br)cc(C(=O)Nc2ccc(F)cc2)cc1OC. The highest BCUT2D eigenvalue weighted by Crippen LogP contribution is 2.37. The Labute approximate surface area is 142 Å². The molecular formula is C17H17BrFNO3. The molecule has 0 spiro atoms. The minimum atomic E-state index is -0.357. The average Bonchev–Trinajstić information content (AvgIpc) is 2.55. The van der Waals surface area contributed by atoms with Crippen molar-refractivity contribution in [3.05, 3.63) is 52.3 Å². The van der Waals surface area contributed by atoms with Gasteiger partial charge < -0.3 is 14.8 Å². The molecule has 6 heteroatoms. The zero-order chi connectivity index (χ0) is 16.8. The van der Waals surface area contributed by atoms with Crippen LogP contribution in [0.1, 0.15) is 23.7 Å². The lowest BCUT2D eigenvalue weighted by Crippen LogP contribution is -2.12. The largest absolute Gasteiger partial charge is 0.493 e. The Balaban J connectivity index is 2.23. The molecule has 23 heavy (non-hydrogen) atoms. The van der Waals surface area contributed by atoms with Gasteiger partial charge in [-0.05, 0) is 58.7 Å². The van der Waals surface area contributed by atoms with Crippen LogP contribution in [-0.4, -0.2) is 19.6 Å². The lowest BCUT2D eigenvalue weighted by molar-refractivity contribution is 0.102. The predicted octanol–water partition coefficient (Wildman–Crippen LogP) is 4.64. The molecule has 1 N–H and O–H groups in total. The second kappa shape index (κ2) is 7.97. The lowest BCUT2D eigenvalue weighted by Gasteiger charge is -2.14. The van der Waals surface area contributed by atoms with Gasteiger partial charge in [0.1, 0.15) is 5.82 Å². The van der Waals surface area contributed by atoms with Crippen molar-refractivity contribution in [2.45, 2.75) is 13.3 Å². The fourth-order valence-electron chi connectivity index (χ4n) is 1.93. The normalized spacial score (nSPS) is 10.3. The lowest BCUT2D eigenvalue weighted by atomic mass is 10.1. The van der Waals surface area contributed by atoms with E-state index in [-0.39, 0.29) is 11.7 Å². The van der Waals surface area contributed by atoms with Crippen LogP contribution in [0.3, 0.4) is 0 Å². The van der Waals surface area contributed by atoms with Crippen molar-refractivity contribution in [3.8, 4) is 11.5 Å². The van der Waals surface area contributed by atoms with E-state index in [9.17, 15) is 9.18 Å². The Hall–Kier alpha value is -2.08. The molecule has 0 aliphatic rings. The van der Waals surface area contributed by atoms with Crippen LogP contribution >= 0.6 is 15.9 Å². The first-order valence-corrected chi connectivity index (χ1v) is 7.91. The smallest absolute Gasteiger partial charge is 0.255 e. The highest BCUT2D eigenvalue weighted by atomic mass is 79.9. The first kappa shape index (κ1) is 17.3. The van der Waals surface area contributed by atoms with Crippen molar-refractivity contribution in [3.63, 3.8) is 0 Å². The van der Waals surface area contributed by atoms with Crippen molar-refractivity contribution in [2.75, 3.05) is 19.0 Å². The van der Waals surface area contributed by atoms with Crippen LogP contribution in [0.25, 0.3) is 0 Å². The van der Waals surface area contributed by atoms with E-state index in [4.69, 9.17) is 9.47 Å². The summed E-state index contributed by atoms with van der Waals surface area (Å²) in [6.45, 7) is 2.56. The van der Waals surface area contributed by atoms with Crippen molar-refractivity contribution in [1.29, 1.82) is 0 Å². The summed E-state index contributed by atoms with van der Waals surface area (Å²) < 4.78 is 24.5. The van der Waals surface area contributed by atoms with E-state index in [1.807, 2.05) is 6.92 Å². The summed E-state index contributed by atoms with van der Waals surface area (Å²) in [6, 6.07) is 8.83. The molecule has 0 aromatic heterocycles. The molecule has 1 amide bonds. The Morgan fingerprint density at radius 3 is 2.57 bits per heavy atom. The number of rotatable bonds is 6. The number of amides is 1. The molecule has 0 atom stereocenters. The van der Waals surface area contributed by atoms with E-state index in [1.54, 1.807) is 12.1 Å². The summed E-state index contributed by atoms with van der Waals surface area (Å²) in [7, 11) is 1.52. The molecule has 0 saturated carbocycles. The van der Waals surface area contributed by atoms with Crippen molar-refractivity contribution >= 4 is 27.5 Å². The average molecular weight is 382 g/mol. The van der Waals surface area contributed by atoms with Crippen LogP contribution in [0.2, 0.25) is 0 Å². The molecule has 0 heterocycles. The number of benzene rings is 2. The van der Waals surface area contributed by atoms with Gasteiger partial charge in [0.25, 0.3) is 5.91 Å². The zero-order valence-corrected chi connectivity index (χ0v) is 14.4. The molecule has 4 nitrogen and oxygen atoms in total. The molecule has 0 bridgehead atoms. The third-order valence-corrected chi connectivity index (χ3v) is 3.63. The molecule has 0 aliphatic heterocycles. The van der Waals surface area contributed by atoms with E-state index in [1.165, 1.54) is 31.4 Å². The van der Waals surface area contributed by atoms with Crippen LogP contribution in [-0.2, 0) is 0 Å². The van der Waals surface area contributed by atoms with E-state index in [0.717, 1.165) is 6.42 Å². The number of halogens is 2. The topological polar surface area (TPSA) is 47.6 Å². The van der Waals surface area contributed by atoms with E-state index in [2.05, 4.69) is 21.2 Å². The molecule has 122 valence electrons. The molecule has 2 aromatic carbocycles. The van der Waals surface area contributed by atoms with Crippen LogP contribution in [0.4, 0.5) is 10.1 Å². The summed E-state index contributed by atoms with van der Waals surface area (Å²) in [6.07, 6.45) is 0.863. The Kier molecular flexibility index (Phi) is 5.98. The van der Waals surface area contributed by atoms with Gasteiger partial charge in [0.2, 0.25) is 0 Å². The summed E-state index contributed by atoms with van der Waals surface area (Å²) >= 11 is 3.40. The second-order valence-corrected chi connectivity index (χ2v) is 5.65. The van der Waals surface area contributed by atoms with Gasteiger partial charge in [-0.3, -0.25) is 4.79 Å². The zero-order valence-electron chi connectivity index (χ0n) is 12.9. The van der Waals surface area contributed by atoms with E-state index in [0.29, 0.717) is 33.8 Å². The quantitative estimate of drug-likeness (QED) is 0.792. The Morgan fingerprint density at radius 1 is 1.26 bits per heavy atom. The minimum Gasteiger partial charge on any atom is -0.493 e. The van der Waals surface area contributed by atoms with Gasteiger partial charge in [-0.2, -0.15) is 0 Å². The maximum atomic E-state index is 12.9. The third-order valence-electron chi connectivity index (χ3n) is 3.04. The van der Waals surface area contributed by atoms with Crippen LogP contribution < -0.4 is 14.8 Å². The van der Waals surface area contributed by atoms with Crippen LogP contribution in [0.15, 0.2) is 40.9 Å². The molecule has 0 saturated heterocycles. The standard InChI is InChI=1S/C17H17BrFNO3/c1-3-8-23-16-14(18)9-11(10-15(16)22-2)17(21)20-13-6-4-12(19)5-7-13/h4-7,9-10H,3,8H2,1-2H3,(H,20,21). The van der Waals surface area contributed by atoms with Gasteiger partial charge in [0.05, 0.1) is 18.2 Å². The van der Waals surface area contributed by atoms with Crippen molar-refractivity contribution in [2.24, 2.45) is 0 Å².